The Morgan fingerprint density at radius 3 is 2.88 bits per heavy atom. The number of thiophene rings is 1. The van der Waals surface area contributed by atoms with E-state index in [2.05, 4.69) is 22.6 Å². The zero-order valence-corrected chi connectivity index (χ0v) is 11.9. The summed E-state index contributed by atoms with van der Waals surface area (Å²) < 4.78 is 5.91. The monoisotopic (exact) mass is 273 g/mol. The van der Waals surface area contributed by atoms with E-state index in [0.717, 1.165) is 13.2 Å². The molecule has 0 radical (unpaired) electrons. The molecule has 17 heavy (non-hydrogen) atoms. The summed E-state index contributed by atoms with van der Waals surface area (Å²) >= 11 is 1.82. The number of rotatable bonds is 1. The van der Waals surface area contributed by atoms with Crippen molar-refractivity contribution in [2.75, 3.05) is 18.1 Å². The van der Waals surface area contributed by atoms with Gasteiger partial charge in [0.25, 0.3) is 0 Å². The molecule has 4 heteroatoms. The van der Waals surface area contributed by atoms with Crippen molar-refractivity contribution < 1.29 is 4.74 Å². The van der Waals surface area contributed by atoms with E-state index in [1.54, 1.807) is 0 Å². The minimum atomic E-state index is 0. The summed E-state index contributed by atoms with van der Waals surface area (Å²) in [5.74, 6) is 0. The van der Waals surface area contributed by atoms with Crippen molar-refractivity contribution in [3.63, 3.8) is 0 Å². The van der Waals surface area contributed by atoms with E-state index in [1.807, 2.05) is 11.3 Å². The Kier molecular flexibility index (Phi) is 4.34. The fraction of sp³-hybridized carbons (Fsp3) is 0.692. The maximum absolute atomic E-state index is 5.91. The Morgan fingerprint density at radius 2 is 2.12 bits per heavy atom. The van der Waals surface area contributed by atoms with Gasteiger partial charge in [-0.05, 0) is 30.7 Å². The highest BCUT2D eigenvalue weighted by molar-refractivity contribution is 7.08. The van der Waals surface area contributed by atoms with E-state index in [1.165, 1.54) is 36.9 Å². The third kappa shape index (κ3) is 2.47. The molecule has 0 spiro atoms. The van der Waals surface area contributed by atoms with Gasteiger partial charge in [-0.2, -0.15) is 0 Å². The molecule has 0 bridgehead atoms. The van der Waals surface area contributed by atoms with Crippen LogP contribution in [0.5, 0.6) is 0 Å². The molecule has 2 atom stereocenters. The smallest absolute Gasteiger partial charge is 0.0779 e. The number of hydrogen-bond donors (Lipinski definition) is 0. The van der Waals surface area contributed by atoms with Gasteiger partial charge in [-0.15, -0.1) is 23.7 Å². The van der Waals surface area contributed by atoms with Crippen LogP contribution in [0.4, 0.5) is 5.69 Å². The van der Waals surface area contributed by atoms with E-state index in [4.69, 9.17) is 4.74 Å². The van der Waals surface area contributed by atoms with Crippen molar-refractivity contribution in [3.05, 3.63) is 16.3 Å². The van der Waals surface area contributed by atoms with Crippen LogP contribution in [-0.2, 0) is 4.74 Å². The van der Waals surface area contributed by atoms with Gasteiger partial charge in [-0.1, -0.05) is 12.8 Å². The third-order valence-corrected chi connectivity index (χ3v) is 4.72. The van der Waals surface area contributed by atoms with E-state index in [0.29, 0.717) is 12.1 Å². The summed E-state index contributed by atoms with van der Waals surface area (Å²) in [6.45, 7) is 4.19. The summed E-state index contributed by atoms with van der Waals surface area (Å²) in [7, 11) is 0. The largest absolute Gasteiger partial charge is 0.374 e. The van der Waals surface area contributed by atoms with Gasteiger partial charge in [0.2, 0.25) is 0 Å². The highest BCUT2D eigenvalue weighted by Crippen LogP contribution is 2.34. The van der Waals surface area contributed by atoms with Gasteiger partial charge in [0, 0.05) is 11.9 Å². The number of morpholine rings is 1. The Morgan fingerprint density at radius 1 is 1.29 bits per heavy atom. The van der Waals surface area contributed by atoms with Crippen LogP contribution < -0.4 is 4.90 Å². The van der Waals surface area contributed by atoms with Gasteiger partial charge in [0.15, 0.2) is 0 Å². The highest BCUT2D eigenvalue weighted by atomic mass is 35.5. The molecule has 1 saturated heterocycles. The molecule has 1 aliphatic heterocycles. The fourth-order valence-electron chi connectivity index (χ4n) is 3.04. The number of ether oxygens (including phenoxy) is 1. The zero-order chi connectivity index (χ0) is 11.0. The summed E-state index contributed by atoms with van der Waals surface area (Å²) in [5, 5.41) is 4.55. The Labute approximate surface area is 113 Å². The summed E-state index contributed by atoms with van der Waals surface area (Å²) in [6.07, 6.45) is 5.76. The molecule has 1 saturated carbocycles. The summed E-state index contributed by atoms with van der Waals surface area (Å²) in [5.41, 5.74) is 2.88. The fourth-order valence-corrected chi connectivity index (χ4v) is 3.89. The Bertz CT molecular complexity index is 366. The van der Waals surface area contributed by atoms with Crippen molar-refractivity contribution in [1.29, 1.82) is 0 Å². The molecule has 96 valence electrons. The van der Waals surface area contributed by atoms with Crippen LogP contribution >= 0.6 is 23.7 Å². The molecule has 3 rings (SSSR count). The Balaban J connectivity index is 0.00000108. The molecule has 2 nitrogen and oxygen atoms in total. The Hall–Kier alpha value is -0.250. The van der Waals surface area contributed by atoms with Crippen molar-refractivity contribution >= 4 is 29.4 Å². The average molecular weight is 274 g/mol. The number of aryl methyl sites for hydroxylation is 1. The first-order valence-electron chi connectivity index (χ1n) is 6.27. The molecular weight excluding hydrogens is 254 g/mol. The average Bonchev–Trinajstić information content (AvgIpc) is 2.75. The van der Waals surface area contributed by atoms with Crippen molar-refractivity contribution in [3.8, 4) is 0 Å². The molecule has 0 unspecified atom stereocenters. The minimum Gasteiger partial charge on any atom is -0.374 e. The second-order valence-electron chi connectivity index (χ2n) is 4.89. The van der Waals surface area contributed by atoms with E-state index in [9.17, 15) is 0 Å². The molecule has 1 aromatic rings. The maximum Gasteiger partial charge on any atom is 0.0779 e. The quantitative estimate of drug-likeness (QED) is 0.775. The normalized spacial score (nSPS) is 28.4. The molecule has 0 amide bonds. The number of anilines is 1. The summed E-state index contributed by atoms with van der Waals surface area (Å²) in [4.78, 5) is 2.60. The number of nitrogens with zero attached hydrogens (tertiary/aromatic N) is 1. The first-order chi connectivity index (χ1) is 7.86. The van der Waals surface area contributed by atoms with Gasteiger partial charge < -0.3 is 9.64 Å². The van der Waals surface area contributed by atoms with Crippen LogP contribution in [0.15, 0.2) is 10.8 Å². The highest BCUT2D eigenvalue weighted by Gasteiger charge is 2.34. The molecule has 1 aromatic heterocycles. The van der Waals surface area contributed by atoms with Crippen LogP contribution in [0.2, 0.25) is 0 Å². The van der Waals surface area contributed by atoms with Crippen molar-refractivity contribution in [2.45, 2.75) is 44.8 Å². The second-order valence-corrected chi connectivity index (χ2v) is 5.64. The van der Waals surface area contributed by atoms with Crippen LogP contribution in [0.25, 0.3) is 0 Å². The predicted octanol–water partition coefficient (Wildman–Crippen LogP) is 3.63. The predicted molar refractivity (Wildman–Crippen MR) is 75.6 cm³/mol. The van der Waals surface area contributed by atoms with Gasteiger partial charge in [0.1, 0.15) is 0 Å². The standard InChI is InChI=1S/C13H19NOS.ClH/c1-10-8-16-9-12(10)14-6-7-15-13-5-3-2-4-11(13)14;/h8-9,11,13H,2-7H2,1H3;1H/t11-,13-;/m1./s1. The lowest BCUT2D eigenvalue weighted by atomic mass is 9.90. The maximum atomic E-state index is 5.91. The van der Waals surface area contributed by atoms with Crippen LogP contribution in [-0.4, -0.2) is 25.3 Å². The number of halogens is 1. The van der Waals surface area contributed by atoms with Crippen LogP contribution in [0.1, 0.15) is 31.2 Å². The molecule has 0 N–H and O–H groups in total. The lowest BCUT2D eigenvalue weighted by Crippen LogP contribution is -2.52. The van der Waals surface area contributed by atoms with Crippen molar-refractivity contribution in [1.82, 2.24) is 0 Å². The third-order valence-electron chi connectivity index (χ3n) is 3.87. The SMILES string of the molecule is Cc1cscc1N1CCO[C@@H]2CCCC[C@H]21.Cl. The van der Waals surface area contributed by atoms with E-state index >= 15 is 0 Å². The van der Waals surface area contributed by atoms with E-state index < -0.39 is 0 Å². The number of fused-ring (bicyclic) bond motifs is 1. The summed E-state index contributed by atoms with van der Waals surface area (Å²) in [6, 6.07) is 0.635. The van der Waals surface area contributed by atoms with Gasteiger partial charge in [-0.3, -0.25) is 0 Å². The lowest BCUT2D eigenvalue weighted by Gasteiger charge is -2.45. The topological polar surface area (TPSA) is 12.5 Å². The molecular formula is C13H20ClNOS. The molecule has 2 aliphatic rings. The first-order valence-corrected chi connectivity index (χ1v) is 7.21. The van der Waals surface area contributed by atoms with Gasteiger partial charge in [0.05, 0.1) is 24.4 Å². The van der Waals surface area contributed by atoms with Gasteiger partial charge >= 0.3 is 0 Å². The van der Waals surface area contributed by atoms with Gasteiger partial charge in [-0.25, -0.2) is 0 Å². The van der Waals surface area contributed by atoms with Crippen molar-refractivity contribution in [2.24, 2.45) is 0 Å². The molecule has 2 heterocycles. The first kappa shape index (κ1) is 13.2. The lowest BCUT2D eigenvalue weighted by molar-refractivity contribution is -0.00868. The molecule has 2 fully saturated rings. The molecule has 1 aliphatic carbocycles. The molecule has 0 aromatic carbocycles. The zero-order valence-electron chi connectivity index (χ0n) is 10.2. The van der Waals surface area contributed by atoms with Crippen LogP contribution in [0, 0.1) is 6.92 Å². The number of hydrogen-bond acceptors (Lipinski definition) is 3. The van der Waals surface area contributed by atoms with Crippen LogP contribution in [0.3, 0.4) is 0 Å². The second kappa shape index (κ2) is 5.59. The minimum absolute atomic E-state index is 0. The van der Waals surface area contributed by atoms with E-state index in [-0.39, 0.29) is 12.4 Å².